The fourth-order valence-corrected chi connectivity index (χ4v) is 1.92. The Kier molecular flexibility index (Phi) is 6.72. The van der Waals surface area contributed by atoms with Gasteiger partial charge in [0.2, 0.25) is 5.91 Å². The van der Waals surface area contributed by atoms with Crippen LogP contribution in [0.4, 0.5) is 5.69 Å². The molecule has 6 nitrogen and oxygen atoms in total. The predicted molar refractivity (Wildman–Crippen MR) is 92.5 cm³/mol. The Morgan fingerprint density at radius 1 is 1.39 bits per heavy atom. The predicted octanol–water partition coefficient (Wildman–Crippen LogP) is 2.95. The minimum absolute atomic E-state index is 0. The summed E-state index contributed by atoms with van der Waals surface area (Å²) in [6.07, 6.45) is 0.711. The van der Waals surface area contributed by atoms with Gasteiger partial charge in [0.25, 0.3) is 5.89 Å². The summed E-state index contributed by atoms with van der Waals surface area (Å²) in [5, 5.41) is 6.75. The Labute approximate surface area is 142 Å². The van der Waals surface area contributed by atoms with Crippen molar-refractivity contribution in [3.05, 3.63) is 29.6 Å². The molecule has 0 unspecified atom stereocenters. The maximum absolute atomic E-state index is 12.1. The Morgan fingerprint density at radius 3 is 2.65 bits per heavy atom. The van der Waals surface area contributed by atoms with E-state index in [-0.39, 0.29) is 24.2 Å². The lowest BCUT2D eigenvalue weighted by atomic mass is 10.0. The van der Waals surface area contributed by atoms with Crippen LogP contribution in [0.1, 0.15) is 32.2 Å². The molecular formula is C16H23ClN4O2. The number of halogens is 1. The smallest absolute Gasteiger partial charge is 0.257 e. The van der Waals surface area contributed by atoms with Gasteiger partial charge in [0.1, 0.15) is 0 Å². The van der Waals surface area contributed by atoms with E-state index in [0.717, 1.165) is 11.1 Å². The number of nitrogens with one attached hydrogen (secondary N) is 1. The van der Waals surface area contributed by atoms with Gasteiger partial charge in [-0.2, -0.15) is 4.98 Å². The van der Waals surface area contributed by atoms with Gasteiger partial charge >= 0.3 is 0 Å². The van der Waals surface area contributed by atoms with E-state index in [1.165, 1.54) is 0 Å². The minimum Gasteiger partial charge on any atom is -0.334 e. The standard InChI is InChI=1S/C16H22N4O2.ClH/c1-5-13-19-16(22-20-13)11-7-6-10(4)12(8-11)18-15(21)14(17)9(2)3;/h6-9,14H,5,17H2,1-4H3,(H,18,21);1H/t14-;/m0./s1. The third-order valence-electron chi connectivity index (χ3n) is 3.55. The monoisotopic (exact) mass is 338 g/mol. The maximum atomic E-state index is 12.1. The van der Waals surface area contributed by atoms with Crippen molar-refractivity contribution in [2.45, 2.75) is 40.2 Å². The van der Waals surface area contributed by atoms with E-state index in [2.05, 4.69) is 15.5 Å². The summed E-state index contributed by atoms with van der Waals surface area (Å²) in [6.45, 7) is 7.71. The van der Waals surface area contributed by atoms with Gasteiger partial charge in [0.05, 0.1) is 6.04 Å². The number of nitrogens with zero attached hydrogens (tertiary/aromatic N) is 2. The van der Waals surface area contributed by atoms with Crippen molar-refractivity contribution in [3.8, 4) is 11.5 Å². The average Bonchev–Trinajstić information content (AvgIpc) is 2.97. The summed E-state index contributed by atoms with van der Waals surface area (Å²) < 4.78 is 5.23. The van der Waals surface area contributed by atoms with E-state index in [0.29, 0.717) is 23.8 Å². The summed E-state index contributed by atoms with van der Waals surface area (Å²) >= 11 is 0. The second-order valence-corrected chi connectivity index (χ2v) is 5.66. The van der Waals surface area contributed by atoms with E-state index in [4.69, 9.17) is 10.3 Å². The van der Waals surface area contributed by atoms with E-state index in [1.807, 2.05) is 45.9 Å². The molecule has 1 amide bonds. The van der Waals surface area contributed by atoms with Crippen LogP contribution in [-0.2, 0) is 11.2 Å². The van der Waals surface area contributed by atoms with Crippen LogP contribution in [0.3, 0.4) is 0 Å². The van der Waals surface area contributed by atoms with Crippen LogP contribution < -0.4 is 11.1 Å². The molecule has 0 saturated heterocycles. The second kappa shape index (κ2) is 8.08. The molecule has 0 bridgehead atoms. The average molecular weight is 339 g/mol. The van der Waals surface area contributed by atoms with Gasteiger partial charge in [-0.05, 0) is 30.5 Å². The molecular weight excluding hydrogens is 316 g/mol. The van der Waals surface area contributed by atoms with E-state index in [9.17, 15) is 4.79 Å². The molecule has 0 radical (unpaired) electrons. The molecule has 7 heteroatoms. The van der Waals surface area contributed by atoms with Gasteiger partial charge in [-0.15, -0.1) is 12.4 Å². The van der Waals surface area contributed by atoms with Crippen molar-refractivity contribution in [1.82, 2.24) is 10.1 Å². The van der Waals surface area contributed by atoms with Crippen molar-refractivity contribution in [3.63, 3.8) is 0 Å². The quantitative estimate of drug-likeness (QED) is 0.874. The lowest BCUT2D eigenvalue weighted by Gasteiger charge is -2.16. The molecule has 126 valence electrons. The molecule has 2 rings (SSSR count). The molecule has 0 spiro atoms. The highest BCUT2D eigenvalue weighted by atomic mass is 35.5. The van der Waals surface area contributed by atoms with Crippen LogP contribution in [0.5, 0.6) is 0 Å². The van der Waals surface area contributed by atoms with Crippen molar-refractivity contribution in [2.75, 3.05) is 5.32 Å². The van der Waals surface area contributed by atoms with Gasteiger partial charge in [0, 0.05) is 17.7 Å². The molecule has 1 aromatic heterocycles. The molecule has 2 aromatic rings. The van der Waals surface area contributed by atoms with Crippen LogP contribution >= 0.6 is 12.4 Å². The number of carbonyl (C=O) groups is 1. The number of carbonyl (C=O) groups excluding carboxylic acids is 1. The first kappa shape index (κ1) is 19.1. The lowest BCUT2D eigenvalue weighted by molar-refractivity contribution is -0.118. The normalized spacial score (nSPS) is 11.9. The number of nitrogens with two attached hydrogens (primary N) is 1. The van der Waals surface area contributed by atoms with Gasteiger partial charge in [0.15, 0.2) is 5.82 Å². The van der Waals surface area contributed by atoms with Crippen LogP contribution in [0.15, 0.2) is 22.7 Å². The zero-order valence-electron chi connectivity index (χ0n) is 13.8. The first-order chi connectivity index (χ1) is 10.4. The molecule has 0 saturated carbocycles. The third kappa shape index (κ3) is 4.53. The fourth-order valence-electron chi connectivity index (χ4n) is 1.92. The number of hydrogen-bond acceptors (Lipinski definition) is 5. The topological polar surface area (TPSA) is 94.0 Å². The number of benzene rings is 1. The minimum atomic E-state index is -0.543. The number of rotatable bonds is 5. The number of amides is 1. The Balaban J connectivity index is 0.00000264. The van der Waals surface area contributed by atoms with Crippen molar-refractivity contribution in [1.29, 1.82) is 0 Å². The number of anilines is 1. The third-order valence-corrected chi connectivity index (χ3v) is 3.55. The molecule has 1 atom stereocenters. The van der Waals surface area contributed by atoms with Crippen LogP contribution in [0.2, 0.25) is 0 Å². The van der Waals surface area contributed by atoms with E-state index >= 15 is 0 Å². The van der Waals surface area contributed by atoms with Crippen molar-refractivity contribution in [2.24, 2.45) is 11.7 Å². The van der Waals surface area contributed by atoms with Crippen LogP contribution in [-0.4, -0.2) is 22.1 Å². The van der Waals surface area contributed by atoms with Gasteiger partial charge in [-0.1, -0.05) is 32.0 Å². The molecule has 0 aliphatic rings. The van der Waals surface area contributed by atoms with E-state index < -0.39 is 6.04 Å². The largest absolute Gasteiger partial charge is 0.334 e. The number of hydrogen-bond donors (Lipinski definition) is 2. The highest BCUT2D eigenvalue weighted by Gasteiger charge is 2.18. The highest BCUT2D eigenvalue weighted by molar-refractivity contribution is 5.96. The lowest BCUT2D eigenvalue weighted by Crippen LogP contribution is -2.39. The Bertz CT molecular complexity index is 670. The maximum Gasteiger partial charge on any atom is 0.257 e. The molecule has 1 heterocycles. The number of aromatic nitrogens is 2. The zero-order valence-corrected chi connectivity index (χ0v) is 14.6. The van der Waals surface area contributed by atoms with Crippen LogP contribution in [0, 0.1) is 12.8 Å². The van der Waals surface area contributed by atoms with Crippen LogP contribution in [0.25, 0.3) is 11.5 Å². The highest BCUT2D eigenvalue weighted by Crippen LogP contribution is 2.24. The zero-order chi connectivity index (χ0) is 16.3. The SMILES string of the molecule is CCc1noc(-c2ccc(C)c(NC(=O)[C@@H](N)C(C)C)c2)n1.Cl. The summed E-state index contributed by atoms with van der Waals surface area (Å²) in [5.41, 5.74) is 8.30. The van der Waals surface area contributed by atoms with Gasteiger partial charge < -0.3 is 15.6 Å². The summed E-state index contributed by atoms with van der Waals surface area (Å²) in [7, 11) is 0. The van der Waals surface area contributed by atoms with E-state index in [1.54, 1.807) is 0 Å². The Hall–Kier alpha value is -1.92. The molecule has 3 N–H and O–H groups in total. The molecule has 0 fully saturated rings. The van der Waals surface area contributed by atoms with Gasteiger partial charge in [-0.3, -0.25) is 4.79 Å². The summed E-state index contributed by atoms with van der Waals surface area (Å²) in [5.74, 6) is 0.977. The van der Waals surface area contributed by atoms with Gasteiger partial charge in [-0.25, -0.2) is 0 Å². The molecule has 0 aliphatic heterocycles. The second-order valence-electron chi connectivity index (χ2n) is 5.66. The molecule has 23 heavy (non-hydrogen) atoms. The van der Waals surface area contributed by atoms with Crippen molar-refractivity contribution < 1.29 is 9.32 Å². The molecule has 1 aromatic carbocycles. The first-order valence-electron chi connectivity index (χ1n) is 7.42. The number of aryl methyl sites for hydroxylation is 2. The van der Waals surface area contributed by atoms with Crippen molar-refractivity contribution >= 4 is 24.0 Å². The summed E-state index contributed by atoms with van der Waals surface area (Å²) in [4.78, 5) is 16.4. The first-order valence-corrected chi connectivity index (χ1v) is 7.42. The Morgan fingerprint density at radius 2 is 2.09 bits per heavy atom. The molecule has 0 aliphatic carbocycles. The summed E-state index contributed by atoms with van der Waals surface area (Å²) in [6, 6.07) is 5.08. The fraction of sp³-hybridized carbons (Fsp3) is 0.438.